The maximum absolute atomic E-state index is 12.1. The van der Waals surface area contributed by atoms with E-state index in [1.807, 2.05) is 6.29 Å². The quantitative estimate of drug-likeness (QED) is 0.890. The molecule has 0 spiro atoms. The van der Waals surface area contributed by atoms with E-state index in [-0.39, 0.29) is 11.8 Å². The summed E-state index contributed by atoms with van der Waals surface area (Å²) in [5, 5.41) is 2.63. The van der Waals surface area contributed by atoms with Crippen LogP contribution in [0.5, 0.6) is 5.75 Å². The number of nitrogens with one attached hydrogen (secondary N) is 1. The number of piperazine rings is 1. The molecule has 0 atom stereocenters. The van der Waals surface area contributed by atoms with Crippen molar-refractivity contribution in [3.8, 4) is 5.75 Å². The highest BCUT2D eigenvalue weighted by Gasteiger charge is 2.31. The summed E-state index contributed by atoms with van der Waals surface area (Å²) in [7, 11) is 0. The van der Waals surface area contributed by atoms with Crippen molar-refractivity contribution in [3.63, 3.8) is 0 Å². The molecule has 0 aliphatic carbocycles. The highest BCUT2D eigenvalue weighted by atomic mass is 19.4. The minimum absolute atomic E-state index is 0.318. The average molecular weight is 344 g/mol. The van der Waals surface area contributed by atoms with Gasteiger partial charge in [-0.1, -0.05) is 0 Å². The number of alkyl halides is 3. The van der Waals surface area contributed by atoms with Gasteiger partial charge in [0.15, 0.2) is 6.29 Å². The molecule has 1 heterocycles. The van der Waals surface area contributed by atoms with Crippen LogP contribution in [0.3, 0.4) is 0 Å². The number of nitrogens with zero attached hydrogens (tertiary/aromatic N) is 2. The lowest BCUT2D eigenvalue weighted by Crippen LogP contribution is -2.50. The minimum Gasteiger partial charge on any atom is -0.406 e. The third-order valence-corrected chi connectivity index (χ3v) is 3.53. The van der Waals surface area contributed by atoms with Crippen LogP contribution >= 0.6 is 0 Å². The van der Waals surface area contributed by atoms with E-state index in [0.29, 0.717) is 44.8 Å². The van der Waals surface area contributed by atoms with E-state index >= 15 is 0 Å². The number of anilines is 1. The van der Waals surface area contributed by atoms with Gasteiger partial charge in [0, 0.05) is 44.8 Å². The number of halogens is 3. The van der Waals surface area contributed by atoms with Crippen LogP contribution in [0.2, 0.25) is 0 Å². The number of hydrogen-bond donors (Lipinski definition) is 1. The van der Waals surface area contributed by atoms with E-state index in [1.54, 1.807) is 4.90 Å². The second kappa shape index (κ2) is 8.00. The number of ether oxygens (including phenoxy) is 1. The average Bonchev–Trinajstić information content (AvgIpc) is 2.54. The van der Waals surface area contributed by atoms with Crippen LogP contribution in [0, 0.1) is 0 Å². The lowest BCUT2D eigenvalue weighted by Gasteiger charge is -2.34. The van der Waals surface area contributed by atoms with Crippen molar-refractivity contribution in [2.45, 2.75) is 12.8 Å². The van der Waals surface area contributed by atoms with Gasteiger partial charge >= 0.3 is 12.4 Å². The SMILES string of the molecule is O=[C]CCN1CCN(C(=O)Nc2ccc(OC(F)(F)F)cc2)CC1. The predicted molar refractivity (Wildman–Crippen MR) is 80.5 cm³/mol. The summed E-state index contributed by atoms with van der Waals surface area (Å²) in [6.07, 6.45) is -2.56. The van der Waals surface area contributed by atoms with Crippen molar-refractivity contribution in [2.75, 3.05) is 38.0 Å². The summed E-state index contributed by atoms with van der Waals surface area (Å²) < 4.78 is 40.0. The normalized spacial score (nSPS) is 15.9. The Kier molecular flexibility index (Phi) is 6.02. The first-order valence-corrected chi connectivity index (χ1v) is 7.36. The zero-order valence-electron chi connectivity index (χ0n) is 12.8. The third kappa shape index (κ3) is 5.73. The zero-order chi connectivity index (χ0) is 17.6. The summed E-state index contributed by atoms with van der Waals surface area (Å²) >= 11 is 0. The number of benzene rings is 1. The van der Waals surface area contributed by atoms with Crippen LogP contribution in [-0.4, -0.2) is 61.2 Å². The summed E-state index contributed by atoms with van der Waals surface area (Å²) in [6, 6.07) is 4.64. The third-order valence-electron chi connectivity index (χ3n) is 3.53. The molecule has 1 N–H and O–H groups in total. The van der Waals surface area contributed by atoms with Gasteiger partial charge in [-0.3, -0.25) is 9.69 Å². The second-order valence-corrected chi connectivity index (χ2v) is 5.23. The van der Waals surface area contributed by atoms with Crippen molar-refractivity contribution >= 4 is 18.0 Å². The first kappa shape index (κ1) is 18.1. The van der Waals surface area contributed by atoms with Crippen molar-refractivity contribution in [1.29, 1.82) is 0 Å². The topological polar surface area (TPSA) is 61.9 Å². The lowest BCUT2D eigenvalue weighted by molar-refractivity contribution is -0.274. The molecule has 0 bridgehead atoms. The van der Waals surface area contributed by atoms with Gasteiger partial charge < -0.3 is 15.0 Å². The minimum atomic E-state index is -4.74. The Labute approximate surface area is 137 Å². The predicted octanol–water partition coefficient (Wildman–Crippen LogP) is 2.23. The molecular weight excluding hydrogens is 327 g/mol. The maximum atomic E-state index is 12.1. The summed E-state index contributed by atoms with van der Waals surface area (Å²) in [5.41, 5.74) is 0.382. The number of hydrogen-bond acceptors (Lipinski definition) is 4. The molecule has 0 aromatic heterocycles. The van der Waals surface area contributed by atoms with Gasteiger partial charge in [-0.25, -0.2) is 4.79 Å². The van der Waals surface area contributed by atoms with E-state index in [2.05, 4.69) is 15.0 Å². The van der Waals surface area contributed by atoms with Crippen molar-refractivity contribution < 1.29 is 27.5 Å². The zero-order valence-corrected chi connectivity index (χ0v) is 12.8. The van der Waals surface area contributed by atoms with E-state index < -0.39 is 6.36 Å². The molecule has 1 aromatic carbocycles. The monoisotopic (exact) mass is 344 g/mol. The van der Waals surface area contributed by atoms with Crippen LogP contribution in [0.1, 0.15) is 6.42 Å². The number of rotatable bonds is 5. The summed E-state index contributed by atoms with van der Waals surface area (Å²) in [4.78, 5) is 26.0. The first-order chi connectivity index (χ1) is 11.4. The highest BCUT2D eigenvalue weighted by molar-refractivity contribution is 5.89. The van der Waals surface area contributed by atoms with Gasteiger partial charge in [0.25, 0.3) is 0 Å². The molecule has 0 unspecified atom stereocenters. The Bertz CT molecular complexity index is 555. The molecule has 1 aromatic rings. The van der Waals surface area contributed by atoms with Crippen molar-refractivity contribution in [2.24, 2.45) is 0 Å². The van der Waals surface area contributed by atoms with Gasteiger partial charge in [-0.05, 0) is 24.3 Å². The number of carbonyl (C=O) groups is 1. The summed E-state index contributed by atoms with van der Waals surface area (Å²) in [5.74, 6) is -0.346. The molecule has 1 radical (unpaired) electrons. The molecule has 2 amide bonds. The molecule has 131 valence electrons. The molecule has 6 nitrogen and oxygen atoms in total. The standard InChI is InChI=1S/C15H17F3N3O3/c16-15(17,18)24-13-4-2-12(3-5-13)19-14(23)21-9-7-20(8-10-21)6-1-11-22/h2-5H,1,6-10H2,(H,19,23). The summed E-state index contributed by atoms with van der Waals surface area (Å²) in [6.45, 7) is 2.97. The van der Waals surface area contributed by atoms with Crippen LogP contribution < -0.4 is 10.1 Å². The fourth-order valence-corrected chi connectivity index (χ4v) is 2.32. The molecule has 9 heteroatoms. The van der Waals surface area contributed by atoms with Gasteiger partial charge in [-0.2, -0.15) is 0 Å². The Morgan fingerprint density at radius 3 is 2.33 bits per heavy atom. The Morgan fingerprint density at radius 2 is 1.79 bits per heavy atom. The molecule has 1 aliphatic heterocycles. The molecule has 0 saturated carbocycles. The van der Waals surface area contributed by atoms with Crippen LogP contribution in [-0.2, 0) is 4.79 Å². The Hall–Kier alpha value is -2.29. The highest BCUT2D eigenvalue weighted by Crippen LogP contribution is 2.24. The van der Waals surface area contributed by atoms with Gasteiger partial charge in [0.05, 0.1) is 0 Å². The lowest BCUT2D eigenvalue weighted by atomic mass is 10.3. The molecule has 1 aliphatic rings. The molecule has 2 rings (SSSR count). The van der Waals surface area contributed by atoms with Crippen LogP contribution in [0.25, 0.3) is 0 Å². The fourth-order valence-electron chi connectivity index (χ4n) is 2.32. The Morgan fingerprint density at radius 1 is 1.17 bits per heavy atom. The van der Waals surface area contributed by atoms with Gasteiger partial charge in [0.2, 0.25) is 0 Å². The molecular formula is C15H17F3N3O3. The van der Waals surface area contributed by atoms with E-state index in [9.17, 15) is 22.8 Å². The smallest absolute Gasteiger partial charge is 0.406 e. The molecule has 24 heavy (non-hydrogen) atoms. The number of urea groups is 1. The fraction of sp³-hybridized carbons (Fsp3) is 0.467. The van der Waals surface area contributed by atoms with E-state index in [0.717, 1.165) is 12.1 Å². The largest absolute Gasteiger partial charge is 0.573 e. The van der Waals surface area contributed by atoms with Crippen molar-refractivity contribution in [3.05, 3.63) is 24.3 Å². The van der Waals surface area contributed by atoms with Crippen LogP contribution in [0.15, 0.2) is 24.3 Å². The molecule has 1 fully saturated rings. The van der Waals surface area contributed by atoms with E-state index in [4.69, 9.17) is 0 Å². The van der Waals surface area contributed by atoms with Crippen molar-refractivity contribution in [1.82, 2.24) is 9.80 Å². The van der Waals surface area contributed by atoms with Gasteiger partial charge in [-0.15, -0.1) is 13.2 Å². The van der Waals surface area contributed by atoms with Crippen LogP contribution in [0.4, 0.5) is 23.7 Å². The first-order valence-electron chi connectivity index (χ1n) is 7.36. The van der Waals surface area contributed by atoms with Gasteiger partial charge in [0.1, 0.15) is 5.75 Å². The maximum Gasteiger partial charge on any atom is 0.573 e. The number of carbonyl (C=O) groups excluding carboxylic acids is 2. The number of amides is 2. The second-order valence-electron chi connectivity index (χ2n) is 5.23. The Balaban J connectivity index is 1.81. The van der Waals surface area contributed by atoms with E-state index in [1.165, 1.54) is 12.1 Å². The molecule has 1 saturated heterocycles.